The van der Waals surface area contributed by atoms with Crippen LogP contribution in [0.25, 0.3) is 5.78 Å². The highest BCUT2D eigenvalue weighted by Crippen LogP contribution is 2.25. The van der Waals surface area contributed by atoms with Crippen LogP contribution in [0.2, 0.25) is 0 Å². The number of aryl methyl sites for hydroxylation is 1. The average Bonchev–Trinajstić information content (AvgIpc) is 2.94. The number of hydrogen-bond acceptors (Lipinski definition) is 5. The molecule has 3 rings (SSSR count). The van der Waals surface area contributed by atoms with Crippen LogP contribution in [0.4, 0.5) is 5.82 Å². The molecule has 0 aliphatic carbocycles. The summed E-state index contributed by atoms with van der Waals surface area (Å²) in [6, 6.07) is 2.66. The SMILES string of the molecule is CCc1cc(N2CCN(C)CC2C(C)C)n2ncnc2n1. The van der Waals surface area contributed by atoms with Crippen LogP contribution in [-0.4, -0.2) is 57.2 Å². The minimum Gasteiger partial charge on any atom is -0.351 e. The fraction of sp³-hybridized carbons (Fsp3) is 0.667. The molecule has 1 fully saturated rings. The molecule has 1 atom stereocenters. The third kappa shape index (κ3) is 2.60. The van der Waals surface area contributed by atoms with Crippen molar-refractivity contribution in [3.8, 4) is 0 Å². The summed E-state index contributed by atoms with van der Waals surface area (Å²) in [5.41, 5.74) is 1.08. The summed E-state index contributed by atoms with van der Waals surface area (Å²) in [6.07, 6.45) is 2.50. The zero-order valence-electron chi connectivity index (χ0n) is 13.3. The molecule has 0 spiro atoms. The summed E-state index contributed by atoms with van der Waals surface area (Å²) in [5, 5.41) is 4.37. The normalized spacial score (nSPS) is 20.6. The fourth-order valence-corrected chi connectivity index (χ4v) is 3.04. The highest BCUT2D eigenvalue weighted by Gasteiger charge is 2.29. The predicted octanol–water partition coefficient (Wildman–Crippen LogP) is 1.46. The van der Waals surface area contributed by atoms with Gasteiger partial charge in [0, 0.05) is 37.4 Å². The molecule has 3 heterocycles. The fourth-order valence-electron chi connectivity index (χ4n) is 3.04. The molecule has 0 saturated carbocycles. The second-order valence-corrected chi connectivity index (χ2v) is 6.20. The van der Waals surface area contributed by atoms with Gasteiger partial charge in [0.15, 0.2) is 0 Å². The summed E-state index contributed by atoms with van der Waals surface area (Å²) >= 11 is 0. The number of rotatable bonds is 3. The van der Waals surface area contributed by atoms with Gasteiger partial charge < -0.3 is 9.80 Å². The lowest BCUT2D eigenvalue weighted by atomic mass is 9.99. The first-order valence-electron chi connectivity index (χ1n) is 7.75. The van der Waals surface area contributed by atoms with E-state index in [9.17, 15) is 0 Å². The molecule has 0 amide bonds. The van der Waals surface area contributed by atoms with Crippen LogP contribution >= 0.6 is 0 Å². The number of aromatic nitrogens is 4. The van der Waals surface area contributed by atoms with Crippen molar-refractivity contribution in [3.63, 3.8) is 0 Å². The monoisotopic (exact) mass is 288 g/mol. The third-order valence-electron chi connectivity index (χ3n) is 4.33. The quantitative estimate of drug-likeness (QED) is 0.856. The average molecular weight is 288 g/mol. The van der Waals surface area contributed by atoms with Gasteiger partial charge in [-0.25, -0.2) is 4.98 Å². The predicted molar refractivity (Wildman–Crippen MR) is 83.6 cm³/mol. The van der Waals surface area contributed by atoms with E-state index >= 15 is 0 Å². The molecule has 0 bridgehead atoms. The first kappa shape index (κ1) is 14.3. The second-order valence-electron chi connectivity index (χ2n) is 6.20. The van der Waals surface area contributed by atoms with Crippen molar-refractivity contribution in [2.24, 2.45) is 5.92 Å². The van der Waals surface area contributed by atoms with E-state index in [2.05, 4.69) is 58.8 Å². The number of nitrogens with zero attached hydrogens (tertiary/aromatic N) is 6. The maximum absolute atomic E-state index is 4.55. The van der Waals surface area contributed by atoms with E-state index < -0.39 is 0 Å². The second kappa shape index (κ2) is 5.60. The van der Waals surface area contributed by atoms with Gasteiger partial charge in [-0.3, -0.25) is 0 Å². The van der Waals surface area contributed by atoms with Gasteiger partial charge in [-0.1, -0.05) is 20.8 Å². The Morgan fingerprint density at radius 2 is 2.14 bits per heavy atom. The molecule has 1 saturated heterocycles. The van der Waals surface area contributed by atoms with Crippen molar-refractivity contribution in [2.45, 2.75) is 33.2 Å². The van der Waals surface area contributed by atoms with Gasteiger partial charge in [0.2, 0.25) is 0 Å². The van der Waals surface area contributed by atoms with Crippen LogP contribution in [0.1, 0.15) is 26.5 Å². The molecule has 114 valence electrons. The Morgan fingerprint density at radius 1 is 1.33 bits per heavy atom. The number of fused-ring (bicyclic) bond motifs is 1. The Hall–Kier alpha value is -1.69. The lowest BCUT2D eigenvalue weighted by Crippen LogP contribution is -2.54. The molecular weight excluding hydrogens is 264 g/mol. The van der Waals surface area contributed by atoms with E-state index in [1.165, 1.54) is 0 Å². The Kier molecular flexibility index (Phi) is 3.80. The highest BCUT2D eigenvalue weighted by atomic mass is 15.4. The Morgan fingerprint density at radius 3 is 2.86 bits per heavy atom. The van der Waals surface area contributed by atoms with Gasteiger partial charge in [-0.2, -0.15) is 14.6 Å². The first-order valence-corrected chi connectivity index (χ1v) is 7.75. The summed E-state index contributed by atoms with van der Waals surface area (Å²) in [4.78, 5) is 13.7. The van der Waals surface area contributed by atoms with E-state index in [0.29, 0.717) is 17.7 Å². The third-order valence-corrected chi connectivity index (χ3v) is 4.33. The van der Waals surface area contributed by atoms with Crippen molar-refractivity contribution < 1.29 is 0 Å². The maximum Gasteiger partial charge on any atom is 0.254 e. The van der Waals surface area contributed by atoms with Crippen molar-refractivity contribution >= 4 is 11.6 Å². The van der Waals surface area contributed by atoms with E-state index in [0.717, 1.165) is 37.6 Å². The molecule has 1 aliphatic rings. The molecule has 0 N–H and O–H groups in total. The van der Waals surface area contributed by atoms with Gasteiger partial charge in [0.1, 0.15) is 12.1 Å². The number of piperazine rings is 1. The highest BCUT2D eigenvalue weighted by molar-refractivity contribution is 5.49. The lowest BCUT2D eigenvalue weighted by Gasteiger charge is -2.43. The number of anilines is 1. The van der Waals surface area contributed by atoms with Gasteiger partial charge in [0.25, 0.3) is 5.78 Å². The van der Waals surface area contributed by atoms with Crippen LogP contribution in [0, 0.1) is 5.92 Å². The van der Waals surface area contributed by atoms with Gasteiger partial charge >= 0.3 is 0 Å². The smallest absolute Gasteiger partial charge is 0.254 e. The van der Waals surface area contributed by atoms with Crippen LogP contribution in [0.15, 0.2) is 12.4 Å². The van der Waals surface area contributed by atoms with E-state index in [4.69, 9.17) is 0 Å². The summed E-state index contributed by atoms with van der Waals surface area (Å²) < 4.78 is 1.87. The Labute approximate surface area is 125 Å². The van der Waals surface area contributed by atoms with E-state index in [-0.39, 0.29) is 0 Å². The molecule has 6 nitrogen and oxygen atoms in total. The molecule has 21 heavy (non-hydrogen) atoms. The number of likely N-dealkylation sites (N-methyl/N-ethyl adjacent to an activating group) is 1. The van der Waals surface area contributed by atoms with Crippen LogP contribution in [0.3, 0.4) is 0 Å². The van der Waals surface area contributed by atoms with Crippen molar-refractivity contribution in [1.29, 1.82) is 0 Å². The molecule has 2 aromatic heterocycles. The number of hydrogen-bond donors (Lipinski definition) is 0. The van der Waals surface area contributed by atoms with Crippen LogP contribution in [0.5, 0.6) is 0 Å². The van der Waals surface area contributed by atoms with E-state index in [1.54, 1.807) is 6.33 Å². The molecule has 6 heteroatoms. The van der Waals surface area contributed by atoms with Gasteiger partial charge in [0.05, 0.1) is 0 Å². The molecule has 0 aromatic carbocycles. The van der Waals surface area contributed by atoms with Gasteiger partial charge in [-0.05, 0) is 19.4 Å². The molecular formula is C15H24N6. The molecule has 1 unspecified atom stereocenters. The topological polar surface area (TPSA) is 49.6 Å². The summed E-state index contributed by atoms with van der Waals surface area (Å²) in [6.45, 7) is 9.87. The molecule has 1 aliphatic heterocycles. The first-order chi connectivity index (χ1) is 10.1. The zero-order chi connectivity index (χ0) is 15.0. The minimum atomic E-state index is 0.489. The maximum atomic E-state index is 4.55. The Balaban J connectivity index is 2.07. The summed E-state index contributed by atoms with van der Waals surface area (Å²) in [5.74, 6) is 2.41. The Bertz CT molecular complexity index is 620. The van der Waals surface area contributed by atoms with Crippen molar-refractivity contribution in [1.82, 2.24) is 24.5 Å². The lowest BCUT2D eigenvalue weighted by molar-refractivity contribution is 0.235. The van der Waals surface area contributed by atoms with Crippen LogP contribution in [-0.2, 0) is 6.42 Å². The minimum absolute atomic E-state index is 0.489. The van der Waals surface area contributed by atoms with E-state index in [1.807, 2.05) is 4.52 Å². The molecule has 2 aromatic rings. The van der Waals surface area contributed by atoms with Gasteiger partial charge in [-0.15, -0.1) is 0 Å². The largest absolute Gasteiger partial charge is 0.351 e. The standard InChI is InChI=1S/C15H24N6/c1-5-12-8-14(21-15(18-12)16-10-17-21)20-7-6-19(4)9-13(20)11(2)3/h8,10-11,13H,5-7,9H2,1-4H3. The zero-order valence-corrected chi connectivity index (χ0v) is 13.3. The summed E-state index contributed by atoms with van der Waals surface area (Å²) in [7, 11) is 2.20. The van der Waals surface area contributed by atoms with Crippen molar-refractivity contribution in [2.75, 3.05) is 31.6 Å². The molecule has 0 radical (unpaired) electrons. The van der Waals surface area contributed by atoms with Crippen LogP contribution < -0.4 is 4.90 Å². The van der Waals surface area contributed by atoms with Crippen molar-refractivity contribution in [3.05, 3.63) is 18.1 Å².